The van der Waals surface area contributed by atoms with Gasteiger partial charge in [-0.15, -0.1) is 0 Å². The molecule has 0 radical (unpaired) electrons. The van der Waals surface area contributed by atoms with Crippen molar-refractivity contribution in [3.8, 4) is 0 Å². The second-order valence-electron chi connectivity index (χ2n) is 15.9. The smallest absolute Gasteiger partial charge is 0.0271 e. The molecule has 30 heavy (non-hydrogen) atoms. The minimum atomic E-state index is 0.423. The fraction of sp³-hybridized carbons (Fsp3) is 1.00. The molecular weight excluding hydrogens is 496 g/mol. The quantitative estimate of drug-likeness (QED) is 0.291. The minimum absolute atomic E-state index is 0.423. The lowest BCUT2D eigenvalue weighted by Crippen LogP contribution is -2.71. The molecule has 8 fully saturated rings. The van der Waals surface area contributed by atoms with E-state index in [2.05, 4.69) is 73.4 Å². The minimum Gasteiger partial charge on any atom is -0.0853 e. The molecule has 0 aliphatic heterocycles. The first-order chi connectivity index (χ1) is 13.6. The van der Waals surface area contributed by atoms with Crippen molar-refractivity contribution < 1.29 is 0 Å². The summed E-state index contributed by atoms with van der Waals surface area (Å²) in [6.45, 7) is 15.5. The van der Waals surface area contributed by atoms with Crippen molar-refractivity contribution in [2.45, 2.75) is 127 Å². The number of hydrogen-bond acceptors (Lipinski definition) is 0. The van der Waals surface area contributed by atoms with Gasteiger partial charge < -0.3 is 0 Å². The third kappa shape index (κ3) is 2.56. The molecule has 8 atom stereocenters. The van der Waals surface area contributed by atoms with Gasteiger partial charge >= 0.3 is 0 Å². The fourth-order valence-corrected chi connectivity index (χ4v) is 14.6. The van der Waals surface area contributed by atoms with Crippen molar-refractivity contribution in [1.29, 1.82) is 0 Å². The molecule has 8 bridgehead atoms. The first-order valence-corrected chi connectivity index (χ1v) is 14.5. The van der Waals surface area contributed by atoms with E-state index in [4.69, 9.17) is 0 Å². The lowest BCUT2D eigenvalue weighted by atomic mass is 9.28. The summed E-state index contributed by atoms with van der Waals surface area (Å²) in [6, 6.07) is 0. The summed E-state index contributed by atoms with van der Waals surface area (Å²) in [7, 11) is 0. The van der Waals surface area contributed by atoms with Gasteiger partial charge in [-0.05, 0) is 121 Å². The summed E-state index contributed by atoms with van der Waals surface area (Å²) >= 11 is 8.91. The van der Waals surface area contributed by atoms with Gasteiger partial charge in [0.25, 0.3) is 0 Å². The summed E-state index contributed by atoms with van der Waals surface area (Å²) in [6.07, 6.45) is 17.9. The lowest BCUT2D eigenvalue weighted by molar-refractivity contribution is -0.254. The number of rotatable bonds is 1. The zero-order valence-corrected chi connectivity index (χ0v) is 23.6. The Morgan fingerprint density at radius 2 is 0.867 bits per heavy atom. The van der Waals surface area contributed by atoms with Crippen LogP contribution in [0.3, 0.4) is 0 Å². The van der Waals surface area contributed by atoms with Crippen LogP contribution in [0.15, 0.2) is 0 Å². The van der Waals surface area contributed by atoms with Gasteiger partial charge in [0.05, 0.1) is 0 Å². The Labute approximate surface area is 202 Å². The van der Waals surface area contributed by atoms with Crippen molar-refractivity contribution >= 4 is 31.9 Å². The first-order valence-electron chi connectivity index (χ1n) is 12.9. The summed E-state index contributed by atoms with van der Waals surface area (Å²) in [5, 5.41) is 0. The molecule has 2 heteroatoms. The van der Waals surface area contributed by atoms with Gasteiger partial charge in [-0.1, -0.05) is 73.4 Å². The van der Waals surface area contributed by atoms with Crippen LogP contribution in [0, 0.1) is 44.3 Å². The average Bonchev–Trinajstić information content (AvgIpc) is 2.47. The summed E-state index contributed by atoms with van der Waals surface area (Å²) in [5.41, 5.74) is 3.11. The van der Waals surface area contributed by atoms with Gasteiger partial charge in [0.2, 0.25) is 0 Å². The Kier molecular flexibility index (Phi) is 4.01. The van der Waals surface area contributed by atoms with Crippen LogP contribution in [0.5, 0.6) is 0 Å². The molecule has 0 aromatic heterocycles. The van der Waals surface area contributed by atoms with Crippen LogP contribution in [-0.2, 0) is 0 Å². The molecular formula is C28H44Br2. The molecule has 170 valence electrons. The third-order valence-electron chi connectivity index (χ3n) is 12.3. The molecule has 0 heterocycles. The number of alkyl halides is 2. The van der Waals surface area contributed by atoms with E-state index in [0.29, 0.717) is 41.1 Å². The average molecular weight is 540 g/mol. The van der Waals surface area contributed by atoms with Crippen LogP contribution in [0.1, 0.15) is 119 Å². The highest BCUT2D eigenvalue weighted by molar-refractivity contribution is 9.10. The van der Waals surface area contributed by atoms with Crippen molar-refractivity contribution in [1.82, 2.24) is 0 Å². The molecule has 8 saturated carbocycles. The van der Waals surface area contributed by atoms with Crippen LogP contribution < -0.4 is 0 Å². The predicted molar refractivity (Wildman–Crippen MR) is 134 cm³/mol. The van der Waals surface area contributed by atoms with Gasteiger partial charge in [0, 0.05) is 8.65 Å². The van der Waals surface area contributed by atoms with Gasteiger partial charge in [-0.25, -0.2) is 0 Å². The van der Waals surface area contributed by atoms with Gasteiger partial charge in [-0.3, -0.25) is 0 Å². The van der Waals surface area contributed by atoms with Crippen molar-refractivity contribution in [3.05, 3.63) is 0 Å². The Morgan fingerprint density at radius 1 is 0.500 bits per heavy atom. The third-order valence-corrected chi connectivity index (χ3v) is 14.1. The molecule has 0 unspecified atom stereocenters. The molecule has 8 aliphatic rings. The Hall–Kier alpha value is 0.960. The Bertz CT molecular complexity index is 723. The van der Waals surface area contributed by atoms with Crippen LogP contribution in [0.25, 0.3) is 0 Å². The van der Waals surface area contributed by atoms with E-state index >= 15 is 0 Å². The molecule has 8 rings (SSSR count). The van der Waals surface area contributed by atoms with E-state index in [0.717, 1.165) is 11.8 Å². The monoisotopic (exact) mass is 538 g/mol. The summed E-state index contributed by atoms with van der Waals surface area (Å²) in [5.74, 6) is 1.93. The maximum absolute atomic E-state index is 4.45. The zero-order chi connectivity index (χ0) is 21.6. The second-order valence-corrected chi connectivity index (χ2v) is 19.3. The Balaban J connectivity index is 1.50. The Morgan fingerprint density at radius 3 is 1.17 bits per heavy atom. The van der Waals surface area contributed by atoms with Crippen LogP contribution in [0.2, 0.25) is 0 Å². The lowest BCUT2D eigenvalue weighted by Gasteiger charge is -2.78. The summed E-state index contributed by atoms with van der Waals surface area (Å²) < 4.78 is 0.856. The van der Waals surface area contributed by atoms with Crippen molar-refractivity contribution in [3.63, 3.8) is 0 Å². The van der Waals surface area contributed by atoms with Crippen LogP contribution in [-0.4, -0.2) is 8.65 Å². The fourth-order valence-electron chi connectivity index (χ4n) is 11.5. The standard InChI is InChI=1S/C28H44Br2/c1-21(2,3)23-7-19-9-25(13-23,17-27(29,11-19)15-23)26-10-20-8-24(14-26,22(4,5)6)16-28(30,12-20)18-26/h19-20H,7-18H2,1-6H3/t19-,20-,23-,24-,25+,26+,27-,28-/m0/s1. The van der Waals surface area contributed by atoms with Gasteiger partial charge in [-0.2, -0.15) is 0 Å². The highest BCUT2D eigenvalue weighted by Gasteiger charge is 2.75. The van der Waals surface area contributed by atoms with Crippen LogP contribution >= 0.6 is 31.9 Å². The van der Waals surface area contributed by atoms with E-state index in [1.54, 1.807) is 12.8 Å². The topological polar surface area (TPSA) is 0 Å². The van der Waals surface area contributed by atoms with Crippen LogP contribution in [0.4, 0.5) is 0 Å². The zero-order valence-electron chi connectivity index (χ0n) is 20.4. The number of hydrogen-bond donors (Lipinski definition) is 0. The highest BCUT2D eigenvalue weighted by atomic mass is 79.9. The molecule has 0 N–H and O–H groups in total. The normalized spacial score (nSPS) is 59.2. The number of halogens is 2. The molecule has 0 amide bonds. The van der Waals surface area contributed by atoms with E-state index in [1.807, 2.05) is 0 Å². The van der Waals surface area contributed by atoms with Crippen molar-refractivity contribution in [2.75, 3.05) is 0 Å². The molecule has 0 nitrogen and oxygen atoms in total. The van der Waals surface area contributed by atoms with E-state index < -0.39 is 0 Å². The van der Waals surface area contributed by atoms with Gasteiger partial charge in [0.15, 0.2) is 0 Å². The predicted octanol–water partition coefficient (Wildman–Crippen LogP) is 9.29. The SMILES string of the molecule is CC(C)(C)[C@]12C[C@@H]3C[C@](Br)(C1)C[C@@]([C@]14C[C@H]5C[C@](Br)(C[C@](C(C)(C)C)(C5)C1)C4)(C3)C2. The first kappa shape index (κ1) is 21.5. The van der Waals surface area contributed by atoms with E-state index in [1.165, 1.54) is 64.2 Å². The van der Waals surface area contributed by atoms with Crippen molar-refractivity contribution in [2.24, 2.45) is 44.3 Å². The largest absolute Gasteiger partial charge is 0.0853 e. The molecule has 0 saturated heterocycles. The maximum atomic E-state index is 4.45. The summed E-state index contributed by atoms with van der Waals surface area (Å²) in [4.78, 5) is 0. The molecule has 0 aromatic carbocycles. The molecule has 8 aliphatic carbocycles. The van der Waals surface area contributed by atoms with E-state index in [9.17, 15) is 0 Å². The second kappa shape index (κ2) is 5.60. The van der Waals surface area contributed by atoms with E-state index in [-0.39, 0.29) is 0 Å². The molecule has 0 aromatic rings. The maximum Gasteiger partial charge on any atom is 0.0271 e. The highest BCUT2D eigenvalue weighted by Crippen LogP contribution is 2.84. The van der Waals surface area contributed by atoms with Gasteiger partial charge in [0.1, 0.15) is 0 Å². The molecule has 0 spiro atoms.